The van der Waals surface area contributed by atoms with Gasteiger partial charge in [0.05, 0.1) is 6.54 Å². The first-order valence-electron chi connectivity index (χ1n) is 15.7. The lowest BCUT2D eigenvalue weighted by atomic mass is 9.73. The summed E-state index contributed by atoms with van der Waals surface area (Å²) in [7, 11) is 0. The molecule has 0 heterocycles. The van der Waals surface area contributed by atoms with E-state index >= 15 is 0 Å². The lowest BCUT2D eigenvalue weighted by Crippen LogP contribution is -2.45. The second-order valence-corrected chi connectivity index (χ2v) is 11.3. The molecule has 2 atom stereocenters. The zero-order valence-corrected chi connectivity index (χ0v) is 24.7. The van der Waals surface area contributed by atoms with Crippen LogP contribution in [0, 0.1) is 17.8 Å². The van der Waals surface area contributed by atoms with Crippen LogP contribution in [-0.2, 0) is 15.1 Å². The minimum Gasteiger partial charge on any atom is -0.450 e. The Bertz CT molecular complexity index is 808. The Hall–Kier alpha value is -1.83. The highest BCUT2D eigenvalue weighted by Gasteiger charge is 2.47. The van der Waals surface area contributed by atoms with Crippen molar-refractivity contribution in [1.82, 2.24) is 4.90 Å². The van der Waals surface area contributed by atoms with Gasteiger partial charge in [-0.15, -0.1) is 0 Å². The topological polar surface area (TPSA) is 49.8 Å². The molecule has 0 amide bonds. The molecule has 0 bridgehead atoms. The van der Waals surface area contributed by atoms with Crippen molar-refractivity contribution in [3.8, 4) is 11.8 Å². The molecule has 0 aliphatic heterocycles. The minimum atomic E-state index is -1.59. The lowest BCUT2D eigenvalue weighted by molar-refractivity contribution is -0.174. The van der Waals surface area contributed by atoms with E-state index in [4.69, 9.17) is 4.74 Å². The molecule has 1 fully saturated rings. The van der Waals surface area contributed by atoms with Crippen LogP contribution in [0.4, 0.5) is 0 Å². The Labute approximate surface area is 233 Å². The second kappa shape index (κ2) is 19.3. The van der Waals surface area contributed by atoms with Gasteiger partial charge in [-0.3, -0.25) is 4.90 Å². The minimum absolute atomic E-state index is 0.0189. The average molecular weight is 526 g/mol. The number of carbonyl (C=O) groups is 1. The predicted octanol–water partition coefficient (Wildman–Crippen LogP) is 8.02. The highest BCUT2D eigenvalue weighted by Crippen LogP contribution is 2.40. The molecule has 2 rings (SSSR count). The third kappa shape index (κ3) is 11.1. The molecule has 1 N–H and O–H groups in total. The van der Waals surface area contributed by atoms with Crippen molar-refractivity contribution in [1.29, 1.82) is 0 Å². The van der Waals surface area contributed by atoms with Crippen molar-refractivity contribution < 1.29 is 14.6 Å². The fourth-order valence-electron chi connectivity index (χ4n) is 5.84. The van der Waals surface area contributed by atoms with E-state index in [0.29, 0.717) is 18.2 Å². The average Bonchev–Trinajstić information content (AvgIpc) is 2.96. The normalized spacial score (nSPS) is 16.4. The van der Waals surface area contributed by atoms with Crippen LogP contribution in [0.15, 0.2) is 30.3 Å². The van der Waals surface area contributed by atoms with E-state index in [2.05, 4.69) is 37.5 Å². The van der Waals surface area contributed by atoms with E-state index in [1.54, 1.807) is 0 Å². The Morgan fingerprint density at radius 2 is 1.55 bits per heavy atom. The van der Waals surface area contributed by atoms with Gasteiger partial charge in [0.2, 0.25) is 0 Å². The van der Waals surface area contributed by atoms with Gasteiger partial charge in [-0.25, -0.2) is 4.79 Å². The van der Waals surface area contributed by atoms with Crippen molar-refractivity contribution in [3.05, 3.63) is 35.9 Å². The van der Waals surface area contributed by atoms with E-state index in [1.807, 2.05) is 30.3 Å². The van der Waals surface area contributed by atoms with Gasteiger partial charge in [-0.2, -0.15) is 0 Å². The first-order chi connectivity index (χ1) is 18.5. The van der Waals surface area contributed by atoms with E-state index in [-0.39, 0.29) is 12.5 Å². The van der Waals surface area contributed by atoms with Crippen LogP contribution < -0.4 is 0 Å². The summed E-state index contributed by atoms with van der Waals surface area (Å²) in [6.07, 6.45) is 19.8. The summed E-state index contributed by atoms with van der Waals surface area (Å²) in [5.74, 6) is 5.55. The highest BCUT2D eigenvalue weighted by atomic mass is 16.5. The van der Waals surface area contributed by atoms with E-state index < -0.39 is 11.6 Å². The monoisotopic (exact) mass is 525 g/mol. The van der Waals surface area contributed by atoms with Crippen molar-refractivity contribution in [2.45, 2.75) is 135 Å². The van der Waals surface area contributed by atoms with E-state index in [0.717, 1.165) is 38.6 Å². The number of carbonyl (C=O) groups excluding carboxylic acids is 1. The smallest absolute Gasteiger partial charge is 0.344 e. The van der Waals surface area contributed by atoms with Gasteiger partial charge in [0.25, 0.3) is 0 Å². The number of aliphatic hydroxyl groups is 1. The third-order valence-corrected chi connectivity index (χ3v) is 8.41. The predicted molar refractivity (Wildman–Crippen MR) is 159 cm³/mol. The van der Waals surface area contributed by atoms with Crippen molar-refractivity contribution in [2.75, 3.05) is 19.7 Å². The molecular formula is C34H55NO3. The highest BCUT2D eigenvalue weighted by molar-refractivity contribution is 5.81. The second-order valence-electron chi connectivity index (χ2n) is 11.3. The van der Waals surface area contributed by atoms with E-state index in [1.165, 1.54) is 70.6 Å². The van der Waals surface area contributed by atoms with Crippen LogP contribution in [0.2, 0.25) is 0 Å². The SMILES string of the molecule is CCCCCCCCCCCCC(C)N(CC)CC#CCOC(=O)C(O)(c1ccccc1)C1CCCCC1. The molecule has 1 saturated carbocycles. The maximum atomic E-state index is 13.1. The summed E-state index contributed by atoms with van der Waals surface area (Å²) >= 11 is 0. The number of benzene rings is 1. The van der Waals surface area contributed by atoms with Crippen LogP contribution in [0.1, 0.15) is 129 Å². The molecule has 1 aliphatic carbocycles. The number of esters is 1. The molecule has 2 unspecified atom stereocenters. The summed E-state index contributed by atoms with van der Waals surface area (Å²) < 4.78 is 5.55. The fraction of sp³-hybridized carbons (Fsp3) is 0.735. The standard InChI is InChI=1S/C34H55NO3/c1-4-6-7-8-9-10-11-12-13-16-23-30(3)35(5-2)28-21-22-29-38-33(36)34(37,31-24-17-14-18-25-31)32-26-19-15-20-27-32/h14,17-18,24-25,30,32,37H,4-13,15-16,19-20,23,26-29H2,1-3H3. The van der Waals surface area contributed by atoms with Crippen LogP contribution in [-0.4, -0.2) is 41.7 Å². The van der Waals surface area contributed by atoms with Gasteiger partial charge in [-0.1, -0.05) is 139 Å². The molecule has 0 spiro atoms. The Balaban J connectivity index is 1.72. The summed E-state index contributed by atoms with van der Waals surface area (Å²) in [5, 5.41) is 11.6. The molecular weight excluding hydrogens is 470 g/mol. The van der Waals surface area contributed by atoms with Gasteiger partial charge in [0, 0.05) is 12.0 Å². The number of nitrogens with zero attached hydrogens (tertiary/aromatic N) is 1. The molecule has 0 saturated heterocycles. The van der Waals surface area contributed by atoms with Crippen molar-refractivity contribution in [3.63, 3.8) is 0 Å². The molecule has 4 nitrogen and oxygen atoms in total. The Kier molecular flexibility index (Phi) is 16.4. The first-order valence-corrected chi connectivity index (χ1v) is 15.7. The van der Waals surface area contributed by atoms with Crippen LogP contribution in [0.25, 0.3) is 0 Å². The summed E-state index contributed by atoms with van der Waals surface area (Å²) in [6, 6.07) is 9.80. The molecule has 4 heteroatoms. The largest absolute Gasteiger partial charge is 0.450 e. The number of hydrogen-bond acceptors (Lipinski definition) is 4. The first kappa shape index (κ1) is 32.4. The maximum Gasteiger partial charge on any atom is 0.344 e. The molecule has 0 radical (unpaired) electrons. The van der Waals surface area contributed by atoms with Crippen LogP contribution in [0.3, 0.4) is 0 Å². The summed E-state index contributed by atoms with van der Waals surface area (Å²) in [5.41, 5.74) is -0.967. The fourth-order valence-corrected chi connectivity index (χ4v) is 5.84. The molecule has 1 aliphatic rings. The zero-order valence-electron chi connectivity index (χ0n) is 24.7. The molecule has 38 heavy (non-hydrogen) atoms. The Morgan fingerprint density at radius 1 is 0.947 bits per heavy atom. The summed E-state index contributed by atoms with van der Waals surface area (Å²) in [4.78, 5) is 15.5. The molecule has 214 valence electrons. The van der Waals surface area contributed by atoms with Gasteiger partial charge < -0.3 is 9.84 Å². The molecule has 1 aromatic rings. The number of rotatable bonds is 18. The van der Waals surface area contributed by atoms with Crippen molar-refractivity contribution >= 4 is 5.97 Å². The Morgan fingerprint density at radius 3 is 2.16 bits per heavy atom. The lowest BCUT2D eigenvalue weighted by Gasteiger charge is -2.36. The van der Waals surface area contributed by atoms with Crippen LogP contribution >= 0.6 is 0 Å². The zero-order chi connectivity index (χ0) is 27.5. The number of unbranched alkanes of at least 4 members (excludes halogenated alkanes) is 9. The van der Waals surface area contributed by atoms with Crippen molar-refractivity contribution in [2.24, 2.45) is 5.92 Å². The summed E-state index contributed by atoms with van der Waals surface area (Å²) in [6.45, 7) is 8.41. The molecule has 0 aromatic heterocycles. The number of ether oxygens (including phenoxy) is 1. The maximum absolute atomic E-state index is 13.1. The van der Waals surface area contributed by atoms with E-state index in [9.17, 15) is 9.90 Å². The van der Waals surface area contributed by atoms with Gasteiger partial charge in [0.1, 0.15) is 0 Å². The van der Waals surface area contributed by atoms with Gasteiger partial charge in [0.15, 0.2) is 12.2 Å². The number of hydrogen-bond donors (Lipinski definition) is 1. The van der Waals surface area contributed by atoms with Gasteiger partial charge in [-0.05, 0) is 38.3 Å². The van der Waals surface area contributed by atoms with Crippen LogP contribution in [0.5, 0.6) is 0 Å². The third-order valence-electron chi connectivity index (χ3n) is 8.41. The molecule has 1 aromatic carbocycles. The quantitative estimate of drug-likeness (QED) is 0.120. The van der Waals surface area contributed by atoms with Gasteiger partial charge >= 0.3 is 5.97 Å².